The molecule has 0 aromatic carbocycles. The summed E-state index contributed by atoms with van der Waals surface area (Å²) in [6.45, 7) is 8.37. The summed E-state index contributed by atoms with van der Waals surface area (Å²) >= 11 is 0. The molecule has 2 heteroatoms. The van der Waals surface area contributed by atoms with Crippen LogP contribution in [-0.2, 0) is 4.79 Å². The van der Waals surface area contributed by atoms with Gasteiger partial charge < -0.3 is 5.11 Å². The second kappa shape index (κ2) is 9.03. The van der Waals surface area contributed by atoms with Gasteiger partial charge in [-0.2, -0.15) is 0 Å². The van der Waals surface area contributed by atoms with Crippen molar-refractivity contribution in [3.05, 3.63) is 23.8 Å². The largest absolute Gasteiger partial charge is 0.478 e. The molecular formula is C15H26O2. The van der Waals surface area contributed by atoms with Crippen LogP contribution in [0.15, 0.2) is 23.8 Å². The third kappa shape index (κ3) is 9.86. The van der Waals surface area contributed by atoms with E-state index in [1.54, 1.807) is 13.0 Å². The lowest BCUT2D eigenvalue weighted by Gasteiger charge is -2.09. The van der Waals surface area contributed by atoms with Crippen LogP contribution >= 0.6 is 0 Å². The Bertz CT molecular complexity index is 275. The summed E-state index contributed by atoms with van der Waals surface area (Å²) in [6, 6.07) is 0. The van der Waals surface area contributed by atoms with E-state index in [2.05, 4.69) is 26.8 Å². The topological polar surface area (TPSA) is 37.3 Å². The molecule has 0 aromatic rings. The molecule has 0 heterocycles. The fourth-order valence-electron chi connectivity index (χ4n) is 1.59. The van der Waals surface area contributed by atoms with Gasteiger partial charge in [-0.15, -0.1) is 0 Å². The predicted octanol–water partition coefficient (Wildman–Crippen LogP) is 4.43. The summed E-state index contributed by atoms with van der Waals surface area (Å²) in [5.74, 6) is 0.627. The number of allylic oxidation sites excluding steroid dienone is 3. The highest BCUT2D eigenvalue weighted by atomic mass is 16.4. The minimum Gasteiger partial charge on any atom is -0.478 e. The molecule has 98 valence electrons. The van der Waals surface area contributed by atoms with Gasteiger partial charge >= 0.3 is 5.97 Å². The summed E-state index contributed by atoms with van der Waals surface area (Å²) in [7, 11) is 0. The van der Waals surface area contributed by atoms with Gasteiger partial charge in [-0.25, -0.2) is 4.79 Å². The third-order valence-corrected chi connectivity index (χ3v) is 2.84. The molecule has 1 N–H and O–H groups in total. The lowest BCUT2D eigenvalue weighted by atomic mass is 9.97. The second-order valence-corrected chi connectivity index (χ2v) is 5.25. The first-order valence-electron chi connectivity index (χ1n) is 6.50. The van der Waals surface area contributed by atoms with E-state index in [-0.39, 0.29) is 0 Å². The van der Waals surface area contributed by atoms with Gasteiger partial charge in [-0.05, 0) is 25.2 Å². The number of carboxylic acids is 1. The highest BCUT2D eigenvalue weighted by Gasteiger charge is 2.01. The fraction of sp³-hybridized carbons (Fsp3) is 0.667. The Labute approximate surface area is 105 Å². The SMILES string of the molecule is C/C(=C\C=C\CC(C)CCCC(C)C)C(=O)O. The van der Waals surface area contributed by atoms with Crippen molar-refractivity contribution < 1.29 is 9.90 Å². The minimum atomic E-state index is -0.848. The van der Waals surface area contributed by atoms with E-state index in [1.165, 1.54) is 19.3 Å². The monoisotopic (exact) mass is 238 g/mol. The Balaban J connectivity index is 3.76. The second-order valence-electron chi connectivity index (χ2n) is 5.25. The van der Waals surface area contributed by atoms with Gasteiger partial charge in [0.2, 0.25) is 0 Å². The number of hydrogen-bond donors (Lipinski definition) is 1. The molecule has 0 saturated carbocycles. The zero-order valence-corrected chi connectivity index (χ0v) is 11.6. The van der Waals surface area contributed by atoms with Crippen molar-refractivity contribution in [3.63, 3.8) is 0 Å². The van der Waals surface area contributed by atoms with E-state index in [4.69, 9.17) is 5.11 Å². The van der Waals surface area contributed by atoms with E-state index in [0.29, 0.717) is 11.5 Å². The summed E-state index contributed by atoms with van der Waals surface area (Å²) in [4.78, 5) is 10.5. The van der Waals surface area contributed by atoms with Gasteiger partial charge in [-0.1, -0.05) is 58.3 Å². The van der Waals surface area contributed by atoms with E-state index in [9.17, 15) is 4.79 Å². The Kier molecular flexibility index (Phi) is 8.47. The van der Waals surface area contributed by atoms with Gasteiger partial charge in [0.15, 0.2) is 0 Å². The summed E-state index contributed by atoms with van der Waals surface area (Å²) in [5, 5.41) is 8.66. The molecule has 0 saturated heterocycles. The molecule has 2 nitrogen and oxygen atoms in total. The molecule has 0 rings (SSSR count). The van der Waals surface area contributed by atoms with Crippen LogP contribution in [0.4, 0.5) is 0 Å². The average molecular weight is 238 g/mol. The summed E-state index contributed by atoms with van der Waals surface area (Å²) in [5.41, 5.74) is 0.383. The molecule has 0 aliphatic rings. The smallest absolute Gasteiger partial charge is 0.331 e. The third-order valence-electron chi connectivity index (χ3n) is 2.84. The molecule has 0 amide bonds. The van der Waals surface area contributed by atoms with Crippen LogP contribution in [0.3, 0.4) is 0 Å². The standard InChI is InChI=1S/C15H26O2/c1-12(2)8-7-10-13(3)9-5-6-11-14(4)15(16)17/h5-6,11-13H,7-10H2,1-4H3,(H,16,17)/b6-5+,14-11+. The van der Waals surface area contributed by atoms with E-state index < -0.39 is 5.97 Å². The zero-order valence-electron chi connectivity index (χ0n) is 11.6. The summed E-state index contributed by atoms with van der Waals surface area (Å²) < 4.78 is 0. The van der Waals surface area contributed by atoms with Crippen LogP contribution in [0.2, 0.25) is 0 Å². The maximum Gasteiger partial charge on any atom is 0.331 e. The molecule has 1 unspecified atom stereocenters. The molecule has 0 fully saturated rings. The highest BCUT2D eigenvalue weighted by molar-refractivity contribution is 5.86. The molecule has 0 bridgehead atoms. The first-order chi connectivity index (χ1) is 7.93. The van der Waals surface area contributed by atoms with Crippen molar-refractivity contribution in [2.45, 2.75) is 53.4 Å². The quantitative estimate of drug-likeness (QED) is 0.502. The van der Waals surface area contributed by atoms with Crippen molar-refractivity contribution in [3.8, 4) is 0 Å². The molecular weight excluding hydrogens is 212 g/mol. The number of hydrogen-bond acceptors (Lipinski definition) is 1. The minimum absolute atomic E-state index is 0.383. The van der Waals surface area contributed by atoms with E-state index in [1.807, 2.05) is 6.08 Å². The normalized spacial score (nSPS) is 14.5. The first kappa shape index (κ1) is 16.0. The van der Waals surface area contributed by atoms with Gasteiger partial charge in [-0.3, -0.25) is 0 Å². The van der Waals surface area contributed by atoms with Crippen LogP contribution < -0.4 is 0 Å². The first-order valence-corrected chi connectivity index (χ1v) is 6.50. The number of carbonyl (C=O) groups is 1. The van der Waals surface area contributed by atoms with Crippen molar-refractivity contribution >= 4 is 5.97 Å². The highest BCUT2D eigenvalue weighted by Crippen LogP contribution is 2.15. The molecule has 0 spiro atoms. The molecule has 0 aliphatic carbocycles. The lowest BCUT2D eigenvalue weighted by molar-refractivity contribution is -0.132. The van der Waals surface area contributed by atoms with Crippen LogP contribution in [0.5, 0.6) is 0 Å². The molecule has 1 atom stereocenters. The zero-order chi connectivity index (χ0) is 13.3. The van der Waals surface area contributed by atoms with Crippen molar-refractivity contribution in [2.75, 3.05) is 0 Å². The van der Waals surface area contributed by atoms with Crippen LogP contribution in [-0.4, -0.2) is 11.1 Å². The Morgan fingerprint density at radius 2 is 1.88 bits per heavy atom. The van der Waals surface area contributed by atoms with Crippen LogP contribution in [0, 0.1) is 11.8 Å². The predicted molar refractivity (Wildman–Crippen MR) is 73.0 cm³/mol. The maximum atomic E-state index is 10.5. The van der Waals surface area contributed by atoms with Gasteiger partial charge in [0.05, 0.1) is 0 Å². The maximum absolute atomic E-state index is 10.5. The molecule has 17 heavy (non-hydrogen) atoms. The van der Waals surface area contributed by atoms with Gasteiger partial charge in [0, 0.05) is 5.57 Å². The number of carboxylic acid groups (broad SMARTS) is 1. The Morgan fingerprint density at radius 3 is 2.41 bits per heavy atom. The number of aliphatic carboxylic acids is 1. The lowest BCUT2D eigenvalue weighted by Crippen LogP contribution is -1.95. The van der Waals surface area contributed by atoms with Gasteiger partial charge in [0.25, 0.3) is 0 Å². The van der Waals surface area contributed by atoms with Crippen LogP contribution in [0.1, 0.15) is 53.4 Å². The summed E-state index contributed by atoms with van der Waals surface area (Å²) in [6.07, 6.45) is 10.4. The van der Waals surface area contributed by atoms with E-state index in [0.717, 1.165) is 12.3 Å². The van der Waals surface area contributed by atoms with E-state index >= 15 is 0 Å². The fourth-order valence-corrected chi connectivity index (χ4v) is 1.59. The molecule has 0 aliphatic heterocycles. The average Bonchev–Trinajstić information content (AvgIpc) is 2.23. The Hall–Kier alpha value is -1.05. The van der Waals surface area contributed by atoms with Crippen molar-refractivity contribution in [2.24, 2.45) is 11.8 Å². The number of rotatable bonds is 8. The van der Waals surface area contributed by atoms with Crippen molar-refractivity contribution in [1.29, 1.82) is 0 Å². The van der Waals surface area contributed by atoms with Crippen LogP contribution in [0.25, 0.3) is 0 Å². The van der Waals surface area contributed by atoms with Gasteiger partial charge in [0.1, 0.15) is 0 Å². The molecule has 0 aromatic heterocycles. The Morgan fingerprint density at radius 1 is 1.24 bits per heavy atom. The van der Waals surface area contributed by atoms with Crippen molar-refractivity contribution in [1.82, 2.24) is 0 Å². The molecule has 0 radical (unpaired) electrons.